The molecule has 0 saturated heterocycles. The van der Waals surface area contributed by atoms with Crippen molar-refractivity contribution in [1.29, 1.82) is 0 Å². The van der Waals surface area contributed by atoms with Gasteiger partial charge in [0.15, 0.2) is 0 Å². The first-order valence-corrected chi connectivity index (χ1v) is 20.0. The van der Waals surface area contributed by atoms with E-state index in [4.69, 9.17) is 9.47 Å². The number of carbonyl (C=O) groups is 1. The number of tetrazole rings is 1. The number of aryl methyl sites for hydroxylation is 1. The molecule has 4 aromatic carbocycles. The predicted octanol–water partition coefficient (Wildman–Crippen LogP) is 10.9. The number of nitro groups is 1. The summed E-state index contributed by atoms with van der Waals surface area (Å²) in [5.74, 6) is 0.287. The van der Waals surface area contributed by atoms with Crippen LogP contribution in [0.5, 0.6) is 23.0 Å². The Balaban J connectivity index is 1.22. The summed E-state index contributed by atoms with van der Waals surface area (Å²) in [5.41, 5.74) is 0.850. The number of nitro benzene ring substituents is 1. The normalized spacial score (nSPS) is 11.1. The van der Waals surface area contributed by atoms with Crippen molar-refractivity contribution in [3.8, 4) is 23.0 Å². The molecular formula is C41H50N6O6S. The van der Waals surface area contributed by atoms with Gasteiger partial charge in [-0.05, 0) is 53.6 Å². The molecule has 1 amide bonds. The number of fused-ring (bicyclic) bond motifs is 1. The van der Waals surface area contributed by atoms with E-state index in [1.54, 1.807) is 53.2 Å². The highest BCUT2D eigenvalue weighted by atomic mass is 32.2. The Labute approximate surface area is 320 Å². The summed E-state index contributed by atoms with van der Waals surface area (Å²) in [6.07, 6.45) is 15.1. The number of phenols is 1. The molecule has 0 aliphatic heterocycles. The summed E-state index contributed by atoms with van der Waals surface area (Å²) >= 11 is 1.37. The van der Waals surface area contributed by atoms with Gasteiger partial charge in [0.25, 0.3) is 5.91 Å². The van der Waals surface area contributed by atoms with Crippen molar-refractivity contribution in [2.45, 2.75) is 108 Å². The molecule has 54 heavy (non-hydrogen) atoms. The number of rotatable bonds is 23. The Morgan fingerprint density at radius 2 is 1.50 bits per heavy atom. The highest BCUT2D eigenvalue weighted by Crippen LogP contribution is 2.41. The Bertz CT molecular complexity index is 1990. The largest absolute Gasteiger partial charge is 0.506 e. The van der Waals surface area contributed by atoms with E-state index in [1.165, 1.54) is 94.2 Å². The molecule has 0 bridgehead atoms. The fraction of sp³-hybridized carbons (Fsp3) is 0.415. The number of aromatic hydroxyl groups is 1. The molecule has 0 aliphatic carbocycles. The minimum Gasteiger partial charge on any atom is -0.506 e. The lowest BCUT2D eigenvalue weighted by Gasteiger charge is -2.16. The summed E-state index contributed by atoms with van der Waals surface area (Å²) in [4.78, 5) is 25.4. The molecule has 5 aromatic rings. The summed E-state index contributed by atoms with van der Waals surface area (Å²) < 4.78 is 13.9. The van der Waals surface area contributed by atoms with Crippen LogP contribution in [0, 0.1) is 10.1 Å². The van der Waals surface area contributed by atoms with E-state index in [9.17, 15) is 20.0 Å². The van der Waals surface area contributed by atoms with Crippen molar-refractivity contribution in [2.24, 2.45) is 0 Å². The number of hydrogen-bond acceptors (Lipinski definition) is 10. The van der Waals surface area contributed by atoms with Crippen molar-refractivity contribution >= 4 is 39.8 Å². The third kappa shape index (κ3) is 11.2. The highest BCUT2D eigenvalue weighted by Gasteiger charge is 2.23. The van der Waals surface area contributed by atoms with Crippen LogP contribution in [0.25, 0.3) is 10.8 Å². The Kier molecular flexibility index (Phi) is 15.5. The third-order valence-corrected chi connectivity index (χ3v) is 10.2. The van der Waals surface area contributed by atoms with Gasteiger partial charge in [-0.3, -0.25) is 14.9 Å². The monoisotopic (exact) mass is 754 g/mol. The Hall–Kier alpha value is -5.17. The number of hydrogen-bond donors (Lipinski definition) is 2. The molecule has 1 aromatic heterocycles. The molecule has 0 radical (unpaired) electrons. The zero-order valence-electron chi connectivity index (χ0n) is 31.2. The Morgan fingerprint density at radius 1 is 0.833 bits per heavy atom. The van der Waals surface area contributed by atoms with Crippen molar-refractivity contribution < 1.29 is 24.3 Å². The van der Waals surface area contributed by atoms with Gasteiger partial charge in [0.05, 0.1) is 22.8 Å². The van der Waals surface area contributed by atoms with E-state index in [0.29, 0.717) is 51.8 Å². The van der Waals surface area contributed by atoms with Crippen LogP contribution in [-0.2, 0) is 12.3 Å². The second kappa shape index (κ2) is 20.9. The van der Waals surface area contributed by atoms with Crippen LogP contribution in [-0.4, -0.2) is 42.8 Å². The van der Waals surface area contributed by atoms with E-state index in [1.807, 2.05) is 13.0 Å². The lowest BCUT2D eigenvalue weighted by molar-refractivity contribution is -0.385. The highest BCUT2D eigenvalue weighted by molar-refractivity contribution is 7.98. The van der Waals surface area contributed by atoms with E-state index >= 15 is 0 Å². The number of unbranched alkanes of at least 4 members (excludes halogenated alkanes) is 11. The quantitative estimate of drug-likeness (QED) is 0.0285. The van der Waals surface area contributed by atoms with Gasteiger partial charge in [0, 0.05) is 29.1 Å². The van der Waals surface area contributed by atoms with E-state index in [0.717, 1.165) is 12.8 Å². The van der Waals surface area contributed by atoms with Crippen LogP contribution in [0.15, 0.2) is 78.0 Å². The fourth-order valence-corrected chi connectivity index (χ4v) is 7.13. The van der Waals surface area contributed by atoms with Gasteiger partial charge in [0.2, 0.25) is 10.9 Å². The molecule has 0 spiro atoms. The van der Waals surface area contributed by atoms with Crippen LogP contribution in [0.1, 0.15) is 107 Å². The van der Waals surface area contributed by atoms with Gasteiger partial charge in [0.1, 0.15) is 17.2 Å². The maximum absolute atomic E-state index is 13.8. The number of para-hydroxylation sites is 2. The molecule has 13 heteroatoms. The second-order valence-electron chi connectivity index (χ2n) is 13.2. The van der Waals surface area contributed by atoms with Crippen LogP contribution >= 0.6 is 11.8 Å². The smallest absolute Gasteiger partial charge is 0.311 e. The first-order valence-electron chi connectivity index (χ1n) is 19.0. The zero-order valence-corrected chi connectivity index (χ0v) is 32.0. The molecule has 0 fully saturated rings. The topological polar surface area (TPSA) is 155 Å². The number of nitrogens with zero attached hydrogens (tertiary/aromatic N) is 5. The number of phenolic OH excluding ortho intramolecular Hbond substituents is 1. The van der Waals surface area contributed by atoms with Crippen LogP contribution in [0.2, 0.25) is 0 Å². The predicted molar refractivity (Wildman–Crippen MR) is 213 cm³/mol. The zero-order chi connectivity index (χ0) is 38.1. The maximum Gasteiger partial charge on any atom is 0.311 e. The average molecular weight is 755 g/mol. The lowest BCUT2D eigenvalue weighted by Crippen LogP contribution is -2.14. The van der Waals surface area contributed by atoms with Crippen LogP contribution < -0.4 is 14.8 Å². The van der Waals surface area contributed by atoms with Crippen LogP contribution in [0.3, 0.4) is 0 Å². The molecule has 286 valence electrons. The number of amides is 1. The SMILES string of the molecule is CCCCCCCCCCCCCCOc1ccccc1NC(=O)c1cc(Oc2ccc(CSc3nnnn3CC)cc2[N+](=O)[O-])c2ccccc2c1O. The van der Waals surface area contributed by atoms with Crippen molar-refractivity contribution in [3.63, 3.8) is 0 Å². The number of ether oxygens (including phenoxy) is 2. The standard InChI is InChI=1S/C41H50N6O6S/c1-3-5-6-7-8-9-10-11-12-13-14-19-26-52-36-23-18-17-22-34(36)42-40(49)33-28-38(31-20-15-16-21-32(31)39(33)48)53-37-25-24-30(27-35(37)47(50)51)29-54-41-43-44-45-46(41)4-2/h15-18,20-25,27-28,48H,3-14,19,26,29H2,1-2H3,(H,42,49). The van der Waals surface area contributed by atoms with Gasteiger partial charge >= 0.3 is 5.69 Å². The van der Waals surface area contributed by atoms with Gasteiger partial charge in [-0.15, -0.1) is 5.10 Å². The molecule has 0 atom stereocenters. The fourth-order valence-electron chi connectivity index (χ4n) is 6.24. The lowest BCUT2D eigenvalue weighted by atomic mass is 10.0. The number of carbonyl (C=O) groups excluding carboxylic acids is 1. The minimum absolute atomic E-state index is 0.00843. The average Bonchev–Trinajstić information content (AvgIpc) is 3.65. The summed E-state index contributed by atoms with van der Waals surface area (Å²) in [5, 5.41) is 39.4. The number of anilines is 1. The first kappa shape index (κ1) is 40.0. The first-order chi connectivity index (χ1) is 26.4. The maximum atomic E-state index is 13.8. The van der Waals surface area contributed by atoms with E-state index in [-0.39, 0.29) is 28.5 Å². The minimum atomic E-state index is -0.583. The number of thioether (sulfide) groups is 1. The molecule has 5 rings (SSSR count). The summed E-state index contributed by atoms with van der Waals surface area (Å²) in [6, 6.07) is 20.2. The molecular weight excluding hydrogens is 705 g/mol. The second-order valence-corrected chi connectivity index (χ2v) is 14.2. The molecule has 0 saturated carbocycles. The van der Waals surface area contributed by atoms with Gasteiger partial charge in [-0.2, -0.15) is 0 Å². The third-order valence-electron chi connectivity index (χ3n) is 9.22. The van der Waals surface area contributed by atoms with Crippen molar-refractivity contribution in [1.82, 2.24) is 20.2 Å². The molecule has 2 N–H and O–H groups in total. The molecule has 0 aliphatic rings. The van der Waals surface area contributed by atoms with Gasteiger partial charge in [-0.25, -0.2) is 4.68 Å². The molecule has 0 unspecified atom stereocenters. The van der Waals surface area contributed by atoms with Crippen LogP contribution in [0.4, 0.5) is 11.4 Å². The van der Waals surface area contributed by atoms with Gasteiger partial charge < -0.3 is 19.9 Å². The van der Waals surface area contributed by atoms with Gasteiger partial charge in [-0.1, -0.05) is 132 Å². The number of nitrogens with one attached hydrogen (secondary N) is 1. The summed E-state index contributed by atoms with van der Waals surface area (Å²) in [7, 11) is 0. The molecule has 1 heterocycles. The number of aromatic nitrogens is 4. The van der Waals surface area contributed by atoms with Crippen molar-refractivity contribution in [2.75, 3.05) is 11.9 Å². The Morgan fingerprint density at radius 3 is 2.20 bits per heavy atom. The van der Waals surface area contributed by atoms with E-state index in [2.05, 4.69) is 27.8 Å². The van der Waals surface area contributed by atoms with Crippen molar-refractivity contribution in [3.05, 3.63) is 94.0 Å². The number of benzene rings is 4. The van der Waals surface area contributed by atoms with E-state index < -0.39 is 10.8 Å². The summed E-state index contributed by atoms with van der Waals surface area (Å²) in [6.45, 7) is 5.30. The molecule has 12 nitrogen and oxygen atoms in total.